The summed E-state index contributed by atoms with van der Waals surface area (Å²) in [6.45, 7) is 2.33. The van der Waals surface area contributed by atoms with Crippen molar-refractivity contribution in [3.63, 3.8) is 0 Å². The van der Waals surface area contributed by atoms with Gasteiger partial charge in [0.1, 0.15) is 12.4 Å². The molecule has 1 aromatic heterocycles. The molecule has 3 aromatic rings. The van der Waals surface area contributed by atoms with E-state index in [4.69, 9.17) is 16.3 Å². The number of rotatable bonds is 5. The second-order valence-corrected chi connectivity index (χ2v) is 6.16. The van der Waals surface area contributed by atoms with Gasteiger partial charge in [0.05, 0.1) is 0 Å². The highest BCUT2D eigenvalue weighted by molar-refractivity contribution is 7.15. The minimum atomic E-state index is 0.384. The molecule has 112 valence electrons. The number of hydrogen-bond acceptors (Lipinski definition) is 5. The molecule has 4 nitrogen and oxygen atoms in total. The molecule has 1 heterocycles. The fourth-order valence-electron chi connectivity index (χ4n) is 1.86. The number of ether oxygens (including phenoxy) is 1. The van der Waals surface area contributed by atoms with E-state index in [-0.39, 0.29) is 0 Å². The van der Waals surface area contributed by atoms with Gasteiger partial charge in [-0.25, -0.2) is 0 Å². The summed E-state index contributed by atoms with van der Waals surface area (Å²) in [5.74, 6) is 0.773. The Hall–Kier alpha value is -2.11. The Morgan fingerprint density at radius 3 is 2.73 bits per heavy atom. The summed E-state index contributed by atoms with van der Waals surface area (Å²) in [6, 6.07) is 15.5. The monoisotopic (exact) mass is 331 g/mol. The molecule has 0 bridgehead atoms. The molecule has 0 saturated carbocycles. The van der Waals surface area contributed by atoms with Crippen LogP contribution in [0.5, 0.6) is 5.75 Å². The zero-order valence-electron chi connectivity index (χ0n) is 11.9. The van der Waals surface area contributed by atoms with Crippen LogP contribution in [0.1, 0.15) is 10.6 Å². The van der Waals surface area contributed by atoms with Gasteiger partial charge in [-0.2, -0.15) is 0 Å². The van der Waals surface area contributed by atoms with Crippen LogP contribution in [0.15, 0.2) is 48.5 Å². The van der Waals surface area contributed by atoms with Crippen molar-refractivity contribution >= 4 is 33.8 Å². The predicted octanol–water partition coefficient (Wildman–Crippen LogP) is 4.82. The smallest absolute Gasteiger partial charge is 0.210 e. The number of nitrogens with zero attached hydrogens (tertiary/aromatic N) is 2. The summed E-state index contributed by atoms with van der Waals surface area (Å²) in [5.41, 5.74) is 1.97. The number of para-hydroxylation sites is 1. The average Bonchev–Trinajstić information content (AvgIpc) is 2.97. The molecule has 0 aliphatic rings. The third-order valence-electron chi connectivity index (χ3n) is 2.98. The summed E-state index contributed by atoms with van der Waals surface area (Å²) in [5, 5.41) is 13.7. The van der Waals surface area contributed by atoms with Crippen LogP contribution in [0.2, 0.25) is 5.02 Å². The van der Waals surface area contributed by atoms with E-state index < -0.39 is 0 Å². The number of hydrogen-bond donors (Lipinski definition) is 1. The molecule has 0 aliphatic carbocycles. The van der Waals surface area contributed by atoms with Crippen molar-refractivity contribution in [1.29, 1.82) is 0 Å². The largest absolute Gasteiger partial charge is 0.486 e. The molecule has 0 atom stereocenters. The van der Waals surface area contributed by atoms with Crippen LogP contribution in [-0.2, 0) is 6.61 Å². The molecule has 0 saturated heterocycles. The molecule has 0 amide bonds. The van der Waals surface area contributed by atoms with Crippen LogP contribution in [0, 0.1) is 6.92 Å². The van der Waals surface area contributed by atoms with Gasteiger partial charge in [0, 0.05) is 10.7 Å². The van der Waals surface area contributed by atoms with E-state index in [1.807, 2.05) is 55.5 Å². The molecule has 0 spiro atoms. The van der Waals surface area contributed by atoms with Crippen molar-refractivity contribution in [1.82, 2.24) is 10.2 Å². The highest BCUT2D eigenvalue weighted by atomic mass is 35.5. The molecular formula is C16H14ClN3OS. The zero-order valence-corrected chi connectivity index (χ0v) is 13.5. The maximum absolute atomic E-state index is 5.99. The molecule has 3 rings (SSSR count). The van der Waals surface area contributed by atoms with Crippen molar-refractivity contribution in [2.45, 2.75) is 13.5 Å². The van der Waals surface area contributed by atoms with Gasteiger partial charge in [-0.1, -0.05) is 41.1 Å². The Bertz CT molecular complexity index is 761. The fourth-order valence-corrected chi connectivity index (χ4v) is 2.65. The van der Waals surface area contributed by atoms with Gasteiger partial charge in [-0.05, 0) is 42.8 Å². The lowest BCUT2D eigenvalue weighted by molar-refractivity contribution is 0.304. The lowest BCUT2D eigenvalue weighted by Crippen LogP contribution is -1.95. The number of anilines is 2. The summed E-state index contributed by atoms with van der Waals surface area (Å²) in [6.07, 6.45) is 0. The summed E-state index contributed by atoms with van der Waals surface area (Å²) in [4.78, 5) is 0. The first-order valence-corrected chi connectivity index (χ1v) is 7.93. The van der Waals surface area contributed by atoms with Crippen molar-refractivity contribution in [2.24, 2.45) is 0 Å². The van der Waals surface area contributed by atoms with E-state index in [9.17, 15) is 0 Å². The Labute approximate surface area is 137 Å². The minimum Gasteiger partial charge on any atom is -0.486 e. The summed E-state index contributed by atoms with van der Waals surface area (Å²) in [7, 11) is 0. The highest BCUT2D eigenvalue weighted by Crippen LogP contribution is 2.24. The van der Waals surface area contributed by atoms with Gasteiger partial charge < -0.3 is 10.1 Å². The molecule has 2 aromatic carbocycles. The minimum absolute atomic E-state index is 0.384. The predicted molar refractivity (Wildman–Crippen MR) is 90.2 cm³/mol. The molecule has 22 heavy (non-hydrogen) atoms. The molecule has 6 heteroatoms. The lowest BCUT2D eigenvalue weighted by Gasteiger charge is -2.05. The van der Waals surface area contributed by atoms with Crippen LogP contribution in [0.3, 0.4) is 0 Å². The summed E-state index contributed by atoms with van der Waals surface area (Å²) < 4.78 is 5.71. The first-order valence-electron chi connectivity index (χ1n) is 6.74. The van der Waals surface area contributed by atoms with Crippen LogP contribution < -0.4 is 10.1 Å². The molecule has 0 unspecified atom stereocenters. The van der Waals surface area contributed by atoms with Gasteiger partial charge in [0.25, 0.3) is 0 Å². The van der Waals surface area contributed by atoms with E-state index in [1.165, 1.54) is 11.3 Å². The Morgan fingerprint density at radius 2 is 1.95 bits per heavy atom. The van der Waals surface area contributed by atoms with Gasteiger partial charge in [-0.3, -0.25) is 0 Å². The van der Waals surface area contributed by atoms with Crippen LogP contribution in [0.4, 0.5) is 10.8 Å². The SMILES string of the molecule is Cc1cc(OCc2nnc(Nc3ccccc3)s2)ccc1Cl. The van der Waals surface area contributed by atoms with Gasteiger partial charge in [0.2, 0.25) is 5.13 Å². The summed E-state index contributed by atoms with van der Waals surface area (Å²) >= 11 is 7.46. The average molecular weight is 332 g/mol. The van der Waals surface area contributed by atoms with Crippen molar-refractivity contribution < 1.29 is 4.74 Å². The van der Waals surface area contributed by atoms with Crippen LogP contribution >= 0.6 is 22.9 Å². The second kappa shape index (κ2) is 6.77. The Morgan fingerprint density at radius 1 is 1.14 bits per heavy atom. The lowest BCUT2D eigenvalue weighted by atomic mass is 10.2. The third-order valence-corrected chi connectivity index (χ3v) is 4.22. The van der Waals surface area contributed by atoms with E-state index in [0.717, 1.165) is 32.2 Å². The molecular weight excluding hydrogens is 318 g/mol. The van der Waals surface area contributed by atoms with E-state index in [1.54, 1.807) is 0 Å². The Balaban J connectivity index is 1.61. The third kappa shape index (κ3) is 3.75. The zero-order chi connectivity index (χ0) is 15.4. The number of halogens is 1. The van der Waals surface area contributed by atoms with Crippen molar-refractivity contribution in [3.8, 4) is 5.75 Å². The fraction of sp³-hybridized carbons (Fsp3) is 0.125. The van der Waals surface area contributed by atoms with Crippen LogP contribution in [-0.4, -0.2) is 10.2 Å². The van der Waals surface area contributed by atoms with E-state index in [2.05, 4.69) is 15.5 Å². The molecule has 0 aliphatic heterocycles. The number of aryl methyl sites for hydroxylation is 1. The van der Waals surface area contributed by atoms with Gasteiger partial charge >= 0.3 is 0 Å². The first-order chi connectivity index (χ1) is 10.7. The molecule has 1 N–H and O–H groups in total. The van der Waals surface area contributed by atoms with Gasteiger partial charge in [-0.15, -0.1) is 10.2 Å². The number of benzene rings is 2. The van der Waals surface area contributed by atoms with Crippen molar-refractivity contribution in [3.05, 3.63) is 64.1 Å². The van der Waals surface area contributed by atoms with Gasteiger partial charge in [0.15, 0.2) is 5.01 Å². The topological polar surface area (TPSA) is 47.0 Å². The Kier molecular flexibility index (Phi) is 4.56. The number of aromatic nitrogens is 2. The van der Waals surface area contributed by atoms with Crippen LogP contribution in [0.25, 0.3) is 0 Å². The maximum Gasteiger partial charge on any atom is 0.210 e. The molecule has 0 radical (unpaired) electrons. The van der Waals surface area contributed by atoms with E-state index in [0.29, 0.717) is 6.61 Å². The quantitative estimate of drug-likeness (QED) is 0.728. The van der Waals surface area contributed by atoms with E-state index >= 15 is 0 Å². The first kappa shape index (κ1) is 14.8. The standard InChI is InChI=1S/C16H14ClN3OS/c1-11-9-13(7-8-14(11)17)21-10-15-19-20-16(22-15)18-12-5-3-2-4-6-12/h2-9H,10H2,1H3,(H,18,20). The van der Waals surface area contributed by atoms with Crippen molar-refractivity contribution in [2.75, 3.05) is 5.32 Å². The normalized spacial score (nSPS) is 10.5. The second-order valence-electron chi connectivity index (χ2n) is 4.69. The maximum atomic E-state index is 5.99. The number of nitrogens with one attached hydrogen (secondary N) is 1. The molecule has 0 fully saturated rings. The highest BCUT2D eigenvalue weighted by Gasteiger charge is 2.06.